The van der Waals surface area contributed by atoms with Gasteiger partial charge in [0, 0.05) is 18.7 Å². The van der Waals surface area contributed by atoms with Gasteiger partial charge in [0.15, 0.2) is 0 Å². The fourth-order valence-electron chi connectivity index (χ4n) is 2.41. The highest BCUT2D eigenvalue weighted by molar-refractivity contribution is 5.94. The zero-order valence-corrected chi connectivity index (χ0v) is 11.3. The van der Waals surface area contributed by atoms with E-state index in [1.165, 1.54) is 5.56 Å². The van der Waals surface area contributed by atoms with Crippen LogP contribution in [0.15, 0.2) is 24.3 Å². The first-order valence-corrected chi connectivity index (χ1v) is 6.63. The summed E-state index contributed by atoms with van der Waals surface area (Å²) < 4.78 is 5.65. The summed E-state index contributed by atoms with van der Waals surface area (Å²) in [7, 11) is 0. The van der Waals surface area contributed by atoms with Crippen molar-refractivity contribution in [3.8, 4) is 0 Å². The molecule has 2 atom stereocenters. The minimum Gasteiger partial charge on any atom is -0.372 e. The maximum Gasteiger partial charge on any atom is 0.254 e. The van der Waals surface area contributed by atoms with Crippen molar-refractivity contribution < 1.29 is 9.53 Å². The van der Waals surface area contributed by atoms with E-state index in [4.69, 9.17) is 4.74 Å². The van der Waals surface area contributed by atoms with E-state index < -0.39 is 0 Å². The van der Waals surface area contributed by atoms with Crippen LogP contribution < -0.4 is 0 Å². The number of nitrogens with zero attached hydrogens (tertiary/aromatic N) is 1. The Morgan fingerprint density at radius 3 is 2.28 bits per heavy atom. The molecule has 3 nitrogen and oxygen atoms in total. The van der Waals surface area contributed by atoms with Gasteiger partial charge in [-0.25, -0.2) is 0 Å². The Balaban J connectivity index is 2.09. The van der Waals surface area contributed by atoms with Crippen LogP contribution >= 0.6 is 0 Å². The molecule has 1 aliphatic heterocycles. The van der Waals surface area contributed by atoms with Gasteiger partial charge in [-0.05, 0) is 38.0 Å². The number of morpholine rings is 1. The van der Waals surface area contributed by atoms with Crippen LogP contribution in [-0.4, -0.2) is 36.1 Å². The number of hydrogen-bond acceptors (Lipinski definition) is 2. The molecule has 0 unspecified atom stereocenters. The average Bonchev–Trinajstić information content (AvgIpc) is 2.37. The van der Waals surface area contributed by atoms with Gasteiger partial charge in [0.2, 0.25) is 0 Å². The summed E-state index contributed by atoms with van der Waals surface area (Å²) in [6, 6.07) is 7.90. The number of carbonyl (C=O) groups excluding carboxylic acids is 1. The Morgan fingerprint density at radius 1 is 1.22 bits per heavy atom. The van der Waals surface area contributed by atoms with Crippen molar-refractivity contribution in [3.05, 3.63) is 35.4 Å². The van der Waals surface area contributed by atoms with Crippen molar-refractivity contribution in [2.24, 2.45) is 0 Å². The zero-order valence-electron chi connectivity index (χ0n) is 11.3. The summed E-state index contributed by atoms with van der Waals surface area (Å²) in [5, 5.41) is 0. The number of ether oxygens (including phenoxy) is 1. The summed E-state index contributed by atoms with van der Waals surface area (Å²) in [6.45, 7) is 7.49. The number of rotatable bonds is 2. The first kappa shape index (κ1) is 13.1. The monoisotopic (exact) mass is 247 g/mol. The summed E-state index contributed by atoms with van der Waals surface area (Å²) in [5.41, 5.74) is 2.03. The van der Waals surface area contributed by atoms with Gasteiger partial charge in [-0.1, -0.05) is 19.1 Å². The van der Waals surface area contributed by atoms with Crippen molar-refractivity contribution in [1.29, 1.82) is 0 Å². The molecule has 0 saturated carbocycles. The van der Waals surface area contributed by atoms with E-state index in [0.29, 0.717) is 13.1 Å². The van der Waals surface area contributed by atoms with Crippen LogP contribution in [0.3, 0.4) is 0 Å². The third-order valence-electron chi connectivity index (χ3n) is 3.32. The SMILES string of the molecule is CCc1ccc(C(=O)N2C[C@@H](C)O[C@H](C)C2)cc1. The molecule has 0 radical (unpaired) electrons. The summed E-state index contributed by atoms with van der Waals surface area (Å²) in [4.78, 5) is 14.2. The second kappa shape index (κ2) is 5.53. The lowest BCUT2D eigenvalue weighted by Crippen LogP contribution is -2.48. The molecule has 1 aromatic carbocycles. The Morgan fingerprint density at radius 2 is 1.78 bits per heavy atom. The minimum atomic E-state index is 0.111. The molecule has 2 rings (SSSR count). The van der Waals surface area contributed by atoms with Gasteiger partial charge in [-0.3, -0.25) is 4.79 Å². The number of benzene rings is 1. The van der Waals surface area contributed by atoms with Crippen molar-refractivity contribution in [1.82, 2.24) is 4.90 Å². The van der Waals surface area contributed by atoms with Crippen molar-refractivity contribution >= 4 is 5.91 Å². The number of carbonyl (C=O) groups is 1. The highest BCUT2D eigenvalue weighted by Gasteiger charge is 2.26. The predicted octanol–water partition coefficient (Wildman–Crippen LogP) is 2.50. The Hall–Kier alpha value is -1.35. The molecular formula is C15H21NO2. The maximum absolute atomic E-state index is 12.4. The highest BCUT2D eigenvalue weighted by Crippen LogP contribution is 2.15. The van der Waals surface area contributed by atoms with Crippen LogP contribution in [0, 0.1) is 0 Å². The molecule has 1 fully saturated rings. The average molecular weight is 247 g/mol. The smallest absolute Gasteiger partial charge is 0.254 e. The Labute approximate surface area is 109 Å². The molecule has 98 valence electrons. The van der Waals surface area contributed by atoms with E-state index in [0.717, 1.165) is 12.0 Å². The molecule has 0 bridgehead atoms. The van der Waals surface area contributed by atoms with Crippen LogP contribution in [0.5, 0.6) is 0 Å². The van der Waals surface area contributed by atoms with Crippen LogP contribution in [0.2, 0.25) is 0 Å². The second-order valence-electron chi connectivity index (χ2n) is 5.02. The van der Waals surface area contributed by atoms with Crippen LogP contribution in [0.25, 0.3) is 0 Å². The lowest BCUT2D eigenvalue weighted by Gasteiger charge is -2.35. The number of hydrogen-bond donors (Lipinski definition) is 0. The third kappa shape index (κ3) is 2.91. The van der Waals surface area contributed by atoms with Gasteiger partial charge in [-0.15, -0.1) is 0 Å². The van der Waals surface area contributed by atoms with Crippen molar-refractivity contribution in [3.63, 3.8) is 0 Å². The van der Waals surface area contributed by atoms with Gasteiger partial charge in [-0.2, -0.15) is 0 Å². The van der Waals surface area contributed by atoms with E-state index in [1.54, 1.807) is 0 Å². The lowest BCUT2D eigenvalue weighted by molar-refractivity contribution is -0.0586. The largest absolute Gasteiger partial charge is 0.372 e. The van der Waals surface area contributed by atoms with Gasteiger partial charge in [0.25, 0.3) is 5.91 Å². The van der Waals surface area contributed by atoms with Crippen LogP contribution in [-0.2, 0) is 11.2 Å². The van der Waals surface area contributed by atoms with E-state index in [1.807, 2.05) is 43.0 Å². The van der Waals surface area contributed by atoms with E-state index in [-0.39, 0.29) is 18.1 Å². The molecule has 1 aliphatic rings. The Kier molecular flexibility index (Phi) is 4.02. The van der Waals surface area contributed by atoms with Crippen molar-refractivity contribution in [2.45, 2.75) is 39.4 Å². The molecule has 1 saturated heterocycles. The summed E-state index contributed by atoms with van der Waals surface area (Å²) in [5.74, 6) is 0.111. The molecular weight excluding hydrogens is 226 g/mol. The third-order valence-corrected chi connectivity index (χ3v) is 3.32. The molecule has 1 heterocycles. The summed E-state index contributed by atoms with van der Waals surface area (Å²) in [6.07, 6.45) is 1.24. The molecule has 1 aromatic rings. The first-order valence-electron chi connectivity index (χ1n) is 6.63. The molecule has 3 heteroatoms. The molecule has 0 aliphatic carbocycles. The van der Waals surface area contributed by atoms with Crippen LogP contribution in [0.1, 0.15) is 36.7 Å². The van der Waals surface area contributed by atoms with Crippen molar-refractivity contribution in [2.75, 3.05) is 13.1 Å². The van der Waals surface area contributed by atoms with E-state index in [2.05, 4.69) is 6.92 Å². The fraction of sp³-hybridized carbons (Fsp3) is 0.533. The van der Waals surface area contributed by atoms with E-state index in [9.17, 15) is 4.79 Å². The lowest BCUT2D eigenvalue weighted by atomic mass is 10.1. The molecule has 0 aromatic heterocycles. The summed E-state index contributed by atoms with van der Waals surface area (Å²) >= 11 is 0. The van der Waals surface area contributed by atoms with Crippen LogP contribution in [0.4, 0.5) is 0 Å². The Bertz CT molecular complexity index is 403. The molecule has 1 amide bonds. The standard InChI is InChI=1S/C15H21NO2/c1-4-13-5-7-14(8-6-13)15(17)16-9-11(2)18-12(3)10-16/h5-8,11-12H,4,9-10H2,1-3H3/t11-,12-/m1/s1. The number of aryl methyl sites for hydroxylation is 1. The van der Waals surface area contributed by atoms with Gasteiger partial charge in [0.05, 0.1) is 12.2 Å². The highest BCUT2D eigenvalue weighted by atomic mass is 16.5. The predicted molar refractivity (Wildman–Crippen MR) is 71.7 cm³/mol. The van der Waals surface area contributed by atoms with Gasteiger partial charge < -0.3 is 9.64 Å². The quantitative estimate of drug-likeness (QED) is 0.803. The zero-order chi connectivity index (χ0) is 13.1. The molecule has 0 N–H and O–H groups in total. The first-order chi connectivity index (χ1) is 8.60. The fourth-order valence-corrected chi connectivity index (χ4v) is 2.41. The van der Waals surface area contributed by atoms with E-state index >= 15 is 0 Å². The normalized spacial score (nSPS) is 24.1. The molecule has 18 heavy (non-hydrogen) atoms. The minimum absolute atomic E-state index is 0.111. The topological polar surface area (TPSA) is 29.5 Å². The second-order valence-corrected chi connectivity index (χ2v) is 5.02. The number of amides is 1. The van der Waals surface area contributed by atoms with Gasteiger partial charge in [0.1, 0.15) is 0 Å². The maximum atomic E-state index is 12.4. The van der Waals surface area contributed by atoms with Gasteiger partial charge >= 0.3 is 0 Å². The molecule has 0 spiro atoms.